The number of halogens is 1. The van der Waals surface area contributed by atoms with Gasteiger partial charge in [0.1, 0.15) is 5.82 Å². The van der Waals surface area contributed by atoms with Gasteiger partial charge in [0.15, 0.2) is 0 Å². The number of hydrogen-bond acceptors (Lipinski definition) is 4. The molecule has 0 amide bonds. The lowest BCUT2D eigenvalue weighted by Gasteiger charge is -2.11. The van der Waals surface area contributed by atoms with E-state index in [4.69, 9.17) is 5.73 Å². The number of nitrogens with two attached hydrogens (primary N) is 1. The third-order valence-electron chi connectivity index (χ3n) is 2.95. The highest BCUT2D eigenvalue weighted by Gasteiger charge is 2.17. The van der Waals surface area contributed by atoms with Crippen LogP contribution >= 0.6 is 0 Å². The lowest BCUT2D eigenvalue weighted by molar-refractivity contribution is 0.584. The van der Waals surface area contributed by atoms with E-state index in [1.165, 1.54) is 24.3 Å². The van der Waals surface area contributed by atoms with E-state index in [1.807, 2.05) is 6.92 Å². The van der Waals surface area contributed by atoms with Gasteiger partial charge in [0.2, 0.25) is 5.95 Å². The van der Waals surface area contributed by atoms with Gasteiger partial charge in [0.05, 0.1) is 4.90 Å². The smallest absolute Gasteiger partial charge is 0.263 e. The number of pyridine rings is 1. The van der Waals surface area contributed by atoms with Crippen LogP contribution < -0.4 is 10.5 Å². The Hall–Kier alpha value is -2.15. The summed E-state index contributed by atoms with van der Waals surface area (Å²) in [6.07, 6.45) is 0. The summed E-state index contributed by atoms with van der Waals surface area (Å²) in [7, 11) is -3.85. The number of anilines is 2. The molecule has 2 aromatic rings. The SMILES string of the molecule is Cc1cc(S(=O)(=O)Nc2cccc(F)n2)cc(N)c1C. The van der Waals surface area contributed by atoms with Crippen molar-refractivity contribution < 1.29 is 12.8 Å². The molecule has 0 fully saturated rings. The third-order valence-corrected chi connectivity index (χ3v) is 4.28. The summed E-state index contributed by atoms with van der Waals surface area (Å²) >= 11 is 0. The molecule has 0 spiro atoms. The molecule has 1 aromatic heterocycles. The van der Waals surface area contributed by atoms with Gasteiger partial charge in [0.25, 0.3) is 10.0 Å². The predicted molar refractivity (Wildman–Crippen MR) is 75.3 cm³/mol. The summed E-state index contributed by atoms with van der Waals surface area (Å²) < 4.78 is 39.6. The molecule has 0 aliphatic rings. The highest BCUT2D eigenvalue weighted by Crippen LogP contribution is 2.23. The summed E-state index contributed by atoms with van der Waals surface area (Å²) in [6.45, 7) is 3.58. The summed E-state index contributed by atoms with van der Waals surface area (Å²) in [5, 5.41) is 0. The highest BCUT2D eigenvalue weighted by atomic mass is 32.2. The molecule has 0 saturated carbocycles. The number of nitrogens with zero attached hydrogens (tertiary/aromatic N) is 1. The van der Waals surface area contributed by atoms with Gasteiger partial charge < -0.3 is 5.73 Å². The van der Waals surface area contributed by atoms with Gasteiger partial charge in [-0.3, -0.25) is 4.72 Å². The fourth-order valence-electron chi connectivity index (χ4n) is 1.67. The van der Waals surface area contributed by atoms with Crippen molar-refractivity contribution >= 4 is 21.5 Å². The van der Waals surface area contributed by atoms with Gasteiger partial charge >= 0.3 is 0 Å². The van der Waals surface area contributed by atoms with Crippen LogP contribution in [0.3, 0.4) is 0 Å². The van der Waals surface area contributed by atoms with Crippen LogP contribution in [0.5, 0.6) is 0 Å². The lowest BCUT2D eigenvalue weighted by atomic mass is 10.1. The Morgan fingerprint density at radius 1 is 1.25 bits per heavy atom. The minimum atomic E-state index is -3.85. The molecule has 0 saturated heterocycles. The Balaban J connectivity index is 2.41. The van der Waals surface area contributed by atoms with Crippen LogP contribution in [-0.4, -0.2) is 13.4 Å². The fourth-order valence-corrected chi connectivity index (χ4v) is 2.79. The van der Waals surface area contributed by atoms with E-state index in [0.29, 0.717) is 5.69 Å². The molecule has 5 nitrogen and oxygen atoms in total. The molecular weight excluding hydrogens is 281 g/mol. The number of nitrogens with one attached hydrogen (secondary N) is 1. The average Bonchev–Trinajstić information content (AvgIpc) is 2.34. The Labute approximate surface area is 116 Å². The summed E-state index contributed by atoms with van der Waals surface area (Å²) in [5.74, 6) is -0.841. The molecule has 3 N–H and O–H groups in total. The standard InChI is InChI=1S/C13H14FN3O2S/c1-8-6-10(7-11(15)9(8)2)20(18,19)17-13-5-3-4-12(14)16-13/h3-7H,15H2,1-2H3,(H,16,17). The second kappa shape index (κ2) is 5.09. The van der Waals surface area contributed by atoms with Gasteiger partial charge in [-0.1, -0.05) is 6.07 Å². The zero-order valence-corrected chi connectivity index (χ0v) is 11.8. The Kier molecular flexibility index (Phi) is 3.63. The van der Waals surface area contributed by atoms with E-state index in [9.17, 15) is 12.8 Å². The van der Waals surface area contributed by atoms with Crippen LogP contribution in [0, 0.1) is 19.8 Å². The number of nitrogen functional groups attached to an aromatic ring is 1. The quantitative estimate of drug-likeness (QED) is 0.671. The molecule has 20 heavy (non-hydrogen) atoms. The zero-order valence-electron chi connectivity index (χ0n) is 11.0. The topological polar surface area (TPSA) is 85.1 Å². The number of rotatable bonds is 3. The lowest BCUT2D eigenvalue weighted by Crippen LogP contribution is -2.15. The first-order chi connectivity index (χ1) is 9.29. The van der Waals surface area contributed by atoms with Gasteiger partial charge in [0, 0.05) is 5.69 Å². The minimum Gasteiger partial charge on any atom is -0.398 e. The number of aromatic nitrogens is 1. The van der Waals surface area contributed by atoms with Crippen molar-refractivity contribution in [2.75, 3.05) is 10.5 Å². The highest BCUT2D eigenvalue weighted by molar-refractivity contribution is 7.92. The van der Waals surface area contributed by atoms with Crippen molar-refractivity contribution in [3.8, 4) is 0 Å². The summed E-state index contributed by atoms with van der Waals surface area (Å²) in [5.41, 5.74) is 7.74. The molecule has 7 heteroatoms. The first-order valence-electron chi connectivity index (χ1n) is 5.82. The zero-order chi connectivity index (χ0) is 14.9. The molecule has 1 aromatic carbocycles. The van der Waals surface area contributed by atoms with E-state index >= 15 is 0 Å². The van der Waals surface area contributed by atoms with Crippen molar-refractivity contribution in [1.82, 2.24) is 4.98 Å². The van der Waals surface area contributed by atoms with E-state index in [0.717, 1.165) is 17.2 Å². The van der Waals surface area contributed by atoms with Gasteiger partial charge in [-0.15, -0.1) is 0 Å². The van der Waals surface area contributed by atoms with Crippen molar-refractivity contribution in [1.29, 1.82) is 0 Å². The number of benzene rings is 1. The summed E-state index contributed by atoms with van der Waals surface area (Å²) in [4.78, 5) is 3.48. The largest absolute Gasteiger partial charge is 0.398 e. The maximum atomic E-state index is 13.0. The van der Waals surface area contributed by atoms with Crippen LogP contribution in [0.1, 0.15) is 11.1 Å². The van der Waals surface area contributed by atoms with Gasteiger partial charge in [-0.2, -0.15) is 4.39 Å². The van der Waals surface area contributed by atoms with Crippen LogP contribution in [0.4, 0.5) is 15.9 Å². The Morgan fingerprint density at radius 3 is 2.55 bits per heavy atom. The molecule has 0 aliphatic carbocycles. The first kappa shape index (κ1) is 14.3. The third kappa shape index (κ3) is 2.88. The van der Waals surface area contributed by atoms with Crippen molar-refractivity contribution in [2.45, 2.75) is 18.7 Å². The minimum absolute atomic E-state index is 0.0177. The van der Waals surface area contributed by atoms with Crippen LogP contribution in [0.25, 0.3) is 0 Å². The van der Waals surface area contributed by atoms with E-state index in [1.54, 1.807) is 6.92 Å². The molecule has 106 valence electrons. The van der Waals surface area contributed by atoms with Gasteiger partial charge in [-0.05, 0) is 49.2 Å². The van der Waals surface area contributed by atoms with Crippen LogP contribution in [0.2, 0.25) is 0 Å². The molecular formula is C13H14FN3O2S. The fraction of sp³-hybridized carbons (Fsp3) is 0.154. The Bertz CT molecular complexity index is 737. The van der Waals surface area contributed by atoms with Crippen LogP contribution in [-0.2, 0) is 10.0 Å². The first-order valence-corrected chi connectivity index (χ1v) is 7.30. The monoisotopic (exact) mass is 295 g/mol. The molecule has 2 rings (SSSR count). The van der Waals surface area contributed by atoms with E-state index in [2.05, 4.69) is 9.71 Å². The average molecular weight is 295 g/mol. The maximum absolute atomic E-state index is 13.0. The van der Waals surface area contributed by atoms with E-state index in [-0.39, 0.29) is 10.7 Å². The molecule has 0 bridgehead atoms. The van der Waals surface area contributed by atoms with E-state index < -0.39 is 16.0 Å². The molecule has 0 unspecified atom stereocenters. The molecule has 0 aliphatic heterocycles. The predicted octanol–water partition coefficient (Wildman–Crippen LogP) is 2.22. The maximum Gasteiger partial charge on any atom is 0.263 e. The second-order valence-electron chi connectivity index (χ2n) is 4.41. The van der Waals surface area contributed by atoms with Crippen molar-refractivity contribution in [2.24, 2.45) is 0 Å². The van der Waals surface area contributed by atoms with Crippen LogP contribution in [0.15, 0.2) is 35.2 Å². The normalized spacial score (nSPS) is 11.3. The number of sulfonamides is 1. The molecule has 1 heterocycles. The van der Waals surface area contributed by atoms with Crippen molar-refractivity contribution in [3.05, 3.63) is 47.4 Å². The molecule has 0 radical (unpaired) electrons. The second-order valence-corrected chi connectivity index (χ2v) is 6.09. The molecule has 0 atom stereocenters. The Morgan fingerprint density at radius 2 is 1.95 bits per heavy atom. The number of hydrogen-bond donors (Lipinski definition) is 2. The summed E-state index contributed by atoms with van der Waals surface area (Å²) in [6, 6.07) is 6.74. The number of aryl methyl sites for hydroxylation is 1. The van der Waals surface area contributed by atoms with Crippen molar-refractivity contribution in [3.63, 3.8) is 0 Å². The van der Waals surface area contributed by atoms with Gasteiger partial charge in [-0.25, -0.2) is 13.4 Å².